The second kappa shape index (κ2) is 7.29. The molecule has 1 rings (SSSR count). The van der Waals surface area contributed by atoms with E-state index in [1.165, 1.54) is 12.1 Å². The van der Waals surface area contributed by atoms with E-state index in [1.54, 1.807) is 6.92 Å². The summed E-state index contributed by atoms with van der Waals surface area (Å²) in [5.74, 6) is -0.526. The van der Waals surface area contributed by atoms with Crippen molar-refractivity contribution in [3.8, 4) is 0 Å². The number of benzene rings is 1. The molecular weight excluding hydrogens is 311 g/mol. The second-order valence-corrected chi connectivity index (χ2v) is 7.09. The molecule has 0 radical (unpaired) electrons. The Morgan fingerprint density at radius 3 is 2.43 bits per heavy atom. The molecular formula is C14H21FN2O2S2. The van der Waals surface area contributed by atoms with Crippen LogP contribution < -0.4 is 10.5 Å². The Bertz CT molecular complexity index is 613. The van der Waals surface area contributed by atoms with Gasteiger partial charge in [-0.25, -0.2) is 17.5 Å². The number of thiocarbonyl (C=S) groups is 1. The molecule has 0 aliphatic rings. The van der Waals surface area contributed by atoms with Gasteiger partial charge in [0, 0.05) is 6.04 Å². The van der Waals surface area contributed by atoms with Gasteiger partial charge in [-0.3, -0.25) is 0 Å². The lowest BCUT2D eigenvalue weighted by Gasteiger charge is -2.23. The summed E-state index contributed by atoms with van der Waals surface area (Å²) in [5.41, 5.74) is 5.22. The number of sulfonamides is 1. The predicted octanol–water partition coefficient (Wildman–Crippen LogP) is 2.56. The molecule has 0 aliphatic heterocycles. The smallest absolute Gasteiger partial charge is 0.241 e. The first kappa shape index (κ1) is 18.0. The van der Waals surface area contributed by atoms with Crippen molar-refractivity contribution < 1.29 is 12.8 Å². The average molecular weight is 332 g/mol. The van der Waals surface area contributed by atoms with Gasteiger partial charge >= 0.3 is 0 Å². The van der Waals surface area contributed by atoms with Crippen molar-refractivity contribution in [2.75, 3.05) is 0 Å². The zero-order valence-corrected chi connectivity index (χ0v) is 14.0. The minimum atomic E-state index is -3.88. The molecule has 1 unspecified atom stereocenters. The summed E-state index contributed by atoms with van der Waals surface area (Å²) in [5, 5.41) is 0. The van der Waals surface area contributed by atoms with E-state index in [0.29, 0.717) is 0 Å². The Balaban J connectivity index is 3.21. The summed E-state index contributed by atoms with van der Waals surface area (Å²) in [6.45, 7) is 5.80. The van der Waals surface area contributed by atoms with E-state index in [0.717, 1.165) is 18.9 Å². The molecule has 0 saturated heterocycles. The van der Waals surface area contributed by atoms with E-state index in [-0.39, 0.29) is 27.4 Å². The van der Waals surface area contributed by atoms with Crippen LogP contribution in [0.4, 0.5) is 4.39 Å². The van der Waals surface area contributed by atoms with Crippen LogP contribution in [0.3, 0.4) is 0 Å². The maximum Gasteiger partial charge on any atom is 0.241 e. The van der Waals surface area contributed by atoms with E-state index in [4.69, 9.17) is 18.0 Å². The topological polar surface area (TPSA) is 72.2 Å². The van der Waals surface area contributed by atoms with E-state index in [2.05, 4.69) is 4.72 Å². The Kier molecular flexibility index (Phi) is 6.24. The average Bonchev–Trinajstić information content (AvgIpc) is 2.38. The third-order valence-electron chi connectivity index (χ3n) is 3.61. The largest absolute Gasteiger partial charge is 0.389 e. The molecule has 0 fully saturated rings. The van der Waals surface area contributed by atoms with Gasteiger partial charge in [-0.05, 0) is 25.0 Å². The molecule has 0 amide bonds. The maximum absolute atomic E-state index is 13.8. The van der Waals surface area contributed by atoms with Gasteiger partial charge < -0.3 is 5.73 Å². The Hall–Kier alpha value is -1.05. The van der Waals surface area contributed by atoms with Gasteiger partial charge in [-0.1, -0.05) is 45.0 Å². The second-order valence-electron chi connectivity index (χ2n) is 4.96. The van der Waals surface area contributed by atoms with Crippen LogP contribution in [0.5, 0.6) is 0 Å². The molecule has 0 spiro atoms. The fraction of sp³-hybridized carbons (Fsp3) is 0.500. The van der Waals surface area contributed by atoms with Crippen molar-refractivity contribution in [3.63, 3.8) is 0 Å². The number of nitrogens with one attached hydrogen (secondary N) is 1. The molecule has 1 aromatic rings. The molecule has 1 atom stereocenters. The van der Waals surface area contributed by atoms with Crippen LogP contribution in [0.1, 0.15) is 39.2 Å². The molecule has 0 bridgehead atoms. The number of nitrogens with two attached hydrogens (primary N) is 1. The number of hydrogen-bond donors (Lipinski definition) is 2. The van der Waals surface area contributed by atoms with Gasteiger partial charge in [-0.2, -0.15) is 0 Å². The minimum Gasteiger partial charge on any atom is -0.389 e. The summed E-state index contributed by atoms with van der Waals surface area (Å²) < 4.78 is 41.3. The summed E-state index contributed by atoms with van der Waals surface area (Å²) in [4.78, 5) is -0.489. The quantitative estimate of drug-likeness (QED) is 0.753. The van der Waals surface area contributed by atoms with Crippen LogP contribution in [0.25, 0.3) is 0 Å². The zero-order chi connectivity index (χ0) is 16.2. The summed E-state index contributed by atoms with van der Waals surface area (Å²) in [6, 6.07) is 3.51. The first-order valence-corrected chi connectivity index (χ1v) is 8.74. The predicted molar refractivity (Wildman–Crippen MR) is 86.1 cm³/mol. The Morgan fingerprint density at radius 1 is 1.38 bits per heavy atom. The number of halogens is 1. The summed E-state index contributed by atoms with van der Waals surface area (Å²) >= 11 is 4.76. The molecule has 4 nitrogen and oxygen atoms in total. The lowest BCUT2D eigenvalue weighted by atomic mass is 9.96. The normalized spacial score (nSPS) is 13.4. The van der Waals surface area contributed by atoms with Crippen LogP contribution in [-0.4, -0.2) is 19.4 Å². The first-order valence-electron chi connectivity index (χ1n) is 6.85. The molecule has 118 valence electrons. The molecule has 21 heavy (non-hydrogen) atoms. The van der Waals surface area contributed by atoms with Gasteiger partial charge in [-0.15, -0.1) is 0 Å². The molecule has 7 heteroatoms. The molecule has 0 saturated carbocycles. The van der Waals surface area contributed by atoms with E-state index in [9.17, 15) is 12.8 Å². The minimum absolute atomic E-state index is 0.210. The highest BCUT2D eigenvalue weighted by molar-refractivity contribution is 7.89. The fourth-order valence-corrected chi connectivity index (χ4v) is 4.18. The SMILES string of the molecule is CCC(CC)C(C)NS(=O)(=O)c1cccc(F)c1C(N)=S. The van der Waals surface area contributed by atoms with Crippen LogP contribution in [0.15, 0.2) is 23.1 Å². The third kappa shape index (κ3) is 4.21. The van der Waals surface area contributed by atoms with Crippen molar-refractivity contribution >= 4 is 27.2 Å². The fourth-order valence-electron chi connectivity index (χ4n) is 2.37. The molecule has 0 aromatic heterocycles. The zero-order valence-electron chi connectivity index (χ0n) is 12.4. The maximum atomic E-state index is 13.8. The summed E-state index contributed by atoms with van der Waals surface area (Å²) in [6.07, 6.45) is 1.71. The number of rotatable bonds is 7. The molecule has 0 aliphatic carbocycles. The van der Waals surface area contributed by atoms with Gasteiger partial charge in [0.05, 0.1) is 10.5 Å². The molecule has 3 N–H and O–H groups in total. The van der Waals surface area contributed by atoms with Crippen molar-refractivity contribution in [2.45, 2.75) is 44.6 Å². The third-order valence-corrected chi connectivity index (χ3v) is 5.41. The van der Waals surface area contributed by atoms with Gasteiger partial charge in [0.1, 0.15) is 10.8 Å². The first-order chi connectivity index (χ1) is 9.74. The monoisotopic (exact) mass is 332 g/mol. The van der Waals surface area contributed by atoms with E-state index in [1.807, 2.05) is 13.8 Å². The highest BCUT2D eigenvalue weighted by Gasteiger charge is 2.26. The number of hydrogen-bond acceptors (Lipinski definition) is 3. The molecule has 0 heterocycles. The van der Waals surface area contributed by atoms with Crippen molar-refractivity contribution in [2.24, 2.45) is 11.7 Å². The van der Waals surface area contributed by atoms with Gasteiger partial charge in [0.15, 0.2) is 0 Å². The van der Waals surface area contributed by atoms with E-state index >= 15 is 0 Å². The highest BCUT2D eigenvalue weighted by Crippen LogP contribution is 2.21. The van der Waals surface area contributed by atoms with Crippen LogP contribution in [0.2, 0.25) is 0 Å². The standard InChI is InChI=1S/C14H21FN2O2S2/c1-4-10(5-2)9(3)17-21(18,19)12-8-6-7-11(15)13(12)14(16)20/h6-10,17H,4-5H2,1-3H3,(H2,16,20). The van der Waals surface area contributed by atoms with Crippen molar-refractivity contribution in [1.29, 1.82) is 0 Å². The van der Waals surface area contributed by atoms with E-state index < -0.39 is 15.8 Å². The van der Waals surface area contributed by atoms with Gasteiger partial charge in [0.25, 0.3) is 0 Å². The Morgan fingerprint density at radius 2 is 1.95 bits per heavy atom. The Labute approximate surface area is 131 Å². The molecule has 1 aromatic carbocycles. The van der Waals surface area contributed by atoms with Crippen LogP contribution >= 0.6 is 12.2 Å². The highest BCUT2D eigenvalue weighted by atomic mass is 32.2. The van der Waals surface area contributed by atoms with Crippen LogP contribution in [0, 0.1) is 11.7 Å². The van der Waals surface area contributed by atoms with Crippen molar-refractivity contribution in [3.05, 3.63) is 29.6 Å². The van der Waals surface area contributed by atoms with Crippen LogP contribution in [-0.2, 0) is 10.0 Å². The van der Waals surface area contributed by atoms with Gasteiger partial charge in [0.2, 0.25) is 10.0 Å². The summed E-state index contributed by atoms with van der Waals surface area (Å²) in [7, 11) is -3.88. The lowest BCUT2D eigenvalue weighted by molar-refractivity contribution is 0.390. The lowest BCUT2D eigenvalue weighted by Crippen LogP contribution is -2.38. The van der Waals surface area contributed by atoms with Crippen molar-refractivity contribution in [1.82, 2.24) is 4.72 Å².